The normalized spacial score (nSPS) is 10.5. The number of hydrogen-bond acceptors (Lipinski definition) is 6. The van der Waals surface area contributed by atoms with E-state index in [9.17, 15) is 4.79 Å². The van der Waals surface area contributed by atoms with E-state index in [-0.39, 0.29) is 12.4 Å². The summed E-state index contributed by atoms with van der Waals surface area (Å²) in [6.45, 7) is 2.00. The van der Waals surface area contributed by atoms with Crippen LogP contribution in [0.2, 0.25) is 0 Å². The van der Waals surface area contributed by atoms with Gasteiger partial charge in [-0.05, 0) is 6.07 Å². The third-order valence-corrected chi connectivity index (χ3v) is 2.09. The molecule has 1 aromatic rings. The maximum absolute atomic E-state index is 11.3. The molecule has 6 heteroatoms. The Labute approximate surface area is 99.5 Å². The first-order valence-electron chi connectivity index (χ1n) is 5.33. The molecule has 1 rings (SSSR count). The maximum Gasteiger partial charge on any atom is 0.374 e. The molecule has 1 heterocycles. The van der Waals surface area contributed by atoms with Crippen LogP contribution in [-0.4, -0.2) is 44.6 Å². The Bertz CT molecular complexity index is 336. The summed E-state index contributed by atoms with van der Waals surface area (Å²) >= 11 is 0. The van der Waals surface area contributed by atoms with Gasteiger partial charge < -0.3 is 24.3 Å². The first kappa shape index (κ1) is 13.7. The quantitative estimate of drug-likeness (QED) is 0.500. The zero-order valence-electron chi connectivity index (χ0n) is 9.77. The lowest BCUT2D eigenvalue weighted by atomic mass is 10.2. The van der Waals surface area contributed by atoms with Crippen molar-refractivity contribution in [2.45, 2.75) is 6.54 Å². The number of esters is 1. The van der Waals surface area contributed by atoms with Gasteiger partial charge in [0.2, 0.25) is 5.76 Å². The predicted octanol–water partition coefficient (Wildman–Crippen LogP) is 0.165. The number of aliphatic hydroxyl groups is 1. The second kappa shape index (κ2) is 7.83. The molecule has 0 aliphatic rings. The van der Waals surface area contributed by atoms with Crippen molar-refractivity contribution < 1.29 is 23.8 Å². The van der Waals surface area contributed by atoms with Crippen LogP contribution >= 0.6 is 0 Å². The minimum Gasteiger partial charge on any atom is -0.463 e. The van der Waals surface area contributed by atoms with Crippen LogP contribution in [0.4, 0.5) is 0 Å². The third-order valence-electron chi connectivity index (χ3n) is 2.09. The zero-order valence-corrected chi connectivity index (χ0v) is 9.77. The lowest BCUT2D eigenvalue weighted by Crippen LogP contribution is -2.20. The Hall–Kier alpha value is -1.37. The van der Waals surface area contributed by atoms with Crippen LogP contribution in [0.25, 0.3) is 0 Å². The first-order valence-corrected chi connectivity index (χ1v) is 5.33. The number of aliphatic hydroxyl groups excluding tert-OH is 1. The molecule has 0 aromatic carbocycles. The van der Waals surface area contributed by atoms with Gasteiger partial charge in [0.05, 0.1) is 33.2 Å². The number of rotatable bonds is 8. The summed E-state index contributed by atoms with van der Waals surface area (Å²) < 4.78 is 14.7. The van der Waals surface area contributed by atoms with Gasteiger partial charge in [-0.15, -0.1) is 0 Å². The number of hydrogen-bond donors (Lipinski definition) is 2. The van der Waals surface area contributed by atoms with Gasteiger partial charge >= 0.3 is 5.97 Å². The van der Waals surface area contributed by atoms with Gasteiger partial charge in [-0.1, -0.05) is 0 Å². The van der Waals surface area contributed by atoms with Crippen LogP contribution < -0.4 is 5.32 Å². The van der Waals surface area contributed by atoms with Crippen LogP contribution in [0, 0.1) is 0 Å². The maximum atomic E-state index is 11.3. The van der Waals surface area contributed by atoms with Crippen molar-refractivity contribution in [3.63, 3.8) is 0 Å². The fraction of sp³-hybridized carbons (Fsp3) is 0.545. The fourth-order valence-electron chi connectivity index (χ4n) is 1.28. The summed E-state index contributed by atoms with van der Waals surface area (Å²) in [6.07, 6.45) is 1.45. The van der Waals surface area contributed by atoms with E-state index >= 15 is 0 Å². The Morgan fingerprint density at radius 2 is 2.35 bits per heavy atom. The number of ether oxygens (including phenoxy) is 2. The SMILES string of the molecule is COC(=O)c1occc1CNCCOCCO. The van der Waals surface area contributed by atoms with Crippen LogP contribution in [0.1, 0.15) is 16.1 Å². The summed E-state index contributed by atoms with van der Waals surface area (Å²) in [5, 5.41) is 11.6. The molecule has 0 amide bonds. The van der Waals surface area contributed by atoms with Gasteiger partial charge in [-0.3, -0.25) is 0 Å². The van der Waals surface area contributed by atoms with Crippen LogP contribution in [0.5, 0.6) is 0 Å². The number of carbonyl (C=O) groups is 1. The van der Waals surface area contributed by atoms with Crippen molar-refractivity contribution >= 4 is 5.97 Å². The zero-order chi connectivity index (χ0) is 12.5. The molecule has 17 heavy (non-hydrogen) atoms. The molecule has 2 N–H and O–H groups in total. The molecule has 0 aliphatic carbocycles. The molecule has 0 aliphatic heterocycles. The third kappa shape index (κ3) is 4.56. The Morgan fingerprint density at radius 3 is 3.06 bits per heavy atom. The lowest BCUT2D eigenvalue weighted by Gasteiger charge is -2.05. The van der Waals surface area contributed by atoms with Crippen LogP contribution in [0.15, 0.2) is 16.7 Å². The van der Waals surface area contributed by atoms with Gasteiger partial charge in [0.25, 0.3) is 0 Å². The molecule has 1 aromatic heterocycles. The van der Waals surface area contributed by atoms with E-state index in [0.29, 0.717) is 26.3 Å². The summed E-state index contributed by atoms with van der Waals surface area (Å²) in [6, 6.07) is 1.72. The Morgan fingerprint density at radius 1 is 1.53 bits per heavy atom. The standard InChI is InChI=1S/C11H17NO5/c1-15-11(14)10-9(2-5-17-10)8-12-3-6-16-7-4-13/h2,5,12-13H,3-4,6-8H2,1H3. The minimum atomic E-state index is -0.483. The van der Waals surface area contributed by atoms with Crippen LogP contribution in [-0.2, 0) is 16.0 Å². The molecule has 0 spiro atoms. The second-order valence-corrected chi connectivity index (χ2v) is 3.28. The molecular formula is C11H17NO5. The molecule has 0 saturated heterocycles. The van der Waals surface area contributed by atoms with E-state index in [0.717, 1.165) is 5.56 Å². The van der Waals surface area contributed by atoms with E-state index in [4.69, 9.17) is 14.3 Å². The molecule has 0 bridgehead atoms. The van der Waals surface area contributed by atoms with Gasteiger partial charge in [0.15, 0.2) is 0 Å². The Balaban J connectivity index is 2.27. The average Bonchev–Trinajstić information content (AvgIpc) is 2.81. The number of methoxy groups -OCH3 is 1. The highest BCUT2D eigenvalue weighted by Crippen LogP contribution is 2.11. The first-order chi connectivity index (χ1) is 8.29. The highest BCUT2D eigenvalue weighted by Gasteiger charge is 2.14. The summed E-state index contributed by atoms with van der Waals surface area (Å²) in [4.78, 5) is 11.3. The van der Waals surface area contributed by atoms with Gasteiger partial charge in [0.1, 0.15) is 0 Å². The largest absolute Gasteiger partial charge is 0.463 e. The molecule has 0 unspecified atom stereocenters. The fourth-order valence-corrected chi connectivity index (χ4v) is 1.28. The molecule has 6 nitrogen and oxygen atoms in total. The highest BCUT2D eigenvalue weighted by molar-refractivity contribution is 5.87. The molecule has 0 radical (unpaired) electrons. The molecule has 0 atom stereocenters. The minimum absolute atomic E-state index is 0.0220. The van der Waals surface area contributed by atoms with Crippen molar-refractivity contribution in [2.75, 3.05) is 33.5 Å². The summed E-state index contributed by atoms with van der Waals surface area (Å²) in [7, 11) is 1.31. The molecule has 0 fully saturated rings. The van der Waals surface area contributed by atoms with Crippen molar-refractivity contribution in [1.82, 2.24) is 5.32 Å². The lowest BCUT2D eigenvalue weighted by molar-refractivity contribution is 0.0563. The number of carbonyl (C=O) groups excluding carboxylic acids is 1. The highest BCUT2D eigenvalue weighted by atomic mass is 16.5. The van der Waals surface area contributed by atoms with Crippen molar-refractivity contribution in [3.8, 4) is 0 Å². The van der Waals surface area contributed by atoms with Crippen molar-refractivity contribution in [2.24, 2.45) is 0 Å². The molecule has 96 valence electrons. The second-order valence-electron chi connectivity index (χ2n) is 3.28. The molecule has 0 saturated carbocycles. The summed E-state index contributed by atoms with van der Waals surface area (Å²) in [5.41, 5.74) is 0.749. The number of nitrogens with one attached hydrogen (secondary N) is 1. The smallest absolute Gasteiger partial charge is 0.374 e. The van der Waals surface area contributed by atoms with E-state index < -0.39 is 5.97 Å². The van der Waals surface area contributed by atoms with E-state index in [2.05, 4.69) is 10.1 Å². The van der Waals surface area contributed by atoms with Gasteiger partial charge in [0, 0.05) is 18.7 Å². The topological polar surface area (TPSA) is 80.9 Å². The van der Waals surface area contributed by atoms with E-state index in [1.54, 1.807) is 6.07 Å². The predicted molar refractivity (Wildman–Crippen MR) is 59.7 cm³/mol. The van der Waals surface area contributed by atoms with Gasteiger partial charge in [-0.25, -0.2) is 4.79 Å². The summed E-state index contributed by atoms with van der Waals surface area (Å²) in [5.74, 6) is -0.264. The number of furan rings is 1. The average molecular weight is 243 g/mol. The van der Waals surface area contributed by atoms with E-state index in [1.807, 2.05) is 0 Å². The molecular weight excluding hydrogens is 226 g/mol. The van der Waals surface area contributed by atoms with E-state index in [1.165, 1.54) is 13.4 Å². The van der Waals surface area contributed by atoms with Gasteiger partial charge in [-0.2, -0.15) is 0 Å². The van der Waals surface area contributed by atoms with Crippen molar-refractivity contribution in [3.05, 3.63) is 23.7 Å². The monoisotopic (exact) mass is 243 g/mol. The Kier molecular flexibility index (Phi) is 6.31. The van der Waals surface area contributed by atoms with Crippen LogP contribution in [0.3, 0.4) is 0 Å². The van der Waals surface area contributed by atoms with Crippen molar-refractivity contribution in [1.29, 1.82) is 0 Å².